The number of nitrogens with one attached hydrogen (secondary N) is 2. The van der Waals surface area contributed by atoms with Gasteiger partial charge in [-0.2, -0.15) is 0 Å². The minimum atomic E-state index is -0.387. The molecule has 0 spiro atoms. The van der Waals surface area contributed by atoms with E-state index in [-0.39, 0.29) is 28.2 Å². The molecule has 1 aliphatic heterocycles. The van der Waals surface area contributed by atoms with Crippen LogP contribution >= 0.6 is 11.5 Å². The zero-order chi connectivity index (χ0) is 19.4. The normalized spacial score (nSPS) is 19.9. The van der Waals surface area contributed by atoms with Gasteiger partial charge < -0.3 is 14.8 Å². The van der Waals surface area contributed by atoms with Gasteiger partial charge in [0.25, 0.3) is 5.56 Å². The molecule has 0 radical (unpaired) electrons. The Morgan fingerprint density at radius 3 is 2.86 bits per heavy atom. The van der Waals surface area contributed by atoms with Crippen molar-refractivity contribution >= 4 is 38.3 Å². The Hall–Kier alpha value is -2.19. The van der Waals surface area contributed by atoms with Crippen LogP contribution in [0.25, 0.3) is 21.1 Å². The number of aromatic amines is 1. The summed E-state index contributed by atoms with van der Waals surface area (Å²) in [5, 5.41) is 3.83. The molecule has 1 saturated carbocycles. The number of aromatic nitrogens is 2. The summed E-state index contributed by atoms with van der Waals surface area (Å²) in [5.41, 5.74) is 0.544. The summed E-state index contributed by atoms with van der Waals surface area (Å²) in [6, 6.07) is 3.43. The highest BCUT2D eigenvalue weighted by Gasteiger charge is 2.30. The predicted molar refractivity (Wildman–Crippen MR) is 111 cm³/mol. The zero-order valence-corrected chi connectivity index (χ0v) is 16.6. The van der Waals surface area contributed by atoms with Crippen LogP contribution in [-0.4, -0.2) is 35.1 Å². The van der Waals surface area contributed by atoms with E-state index in [2.05, 4.69) is 26.1 Å². The fourth-order valence-electron chi connectivity index (χ4n) is 4.34. The number of nitrogens with zero attached hydrogens (tertiary/aromatic N) is 2. The molecule has 148 valence electrons. The molecule has 0 amide bonds. The molecule has 28 heavy (non-hydrogen) atoms. The van der Waals surface area contributed by atoms with Gasteiger partial charge in [0.15, 0.2) is 0 Å². The smallest absolute Gasteiger partial charge is 0.271 e. The molecular weight excluding hydrogens is 379 g/mol. The van der Waals surface area contributed by atoms with Gasteiger partial charge in [-0.1, -0.05) is 6.92 Å². The van der Waals surface area contributed by atoms with Crippen LogP contribution in [-0.2, 0) is 0 Å². The first-order valence-electron chi connectivity index (χ1n) is 9.93. The first-order valence-corrected chi connectivity index (χ1v) is 10.7. The average molecular weight is 402 g/mol. The first kappa shape index (κ1) is 17.9. The number of hydrogen-bond acceptors (Lipinski definition) is 5. The minimum absolute atomic E-state index is 0.156. The van der Waals surface area contributed by atoms with E-state index in [9.17, 15) is 9.59 Å². The molecule has 1 atom stereocenters. The van der Waals surface area contributed by atoms with Crippen molar-refractivity contribution in [2.24, 2.45) is 5.92 Å². The molecular formula is C20H23FN4O2S. The van der Waals surface area contributed by atoms with E-state index in [1.807, 2.05) is 6.07 Å². The molecule has 0 bridgehead atoms. The summed E-state index contributed by atoms with van der Waals surface area (Å²) in [5.74, 6) is 0.111. The van der Waals surface area contributed by atoms with Gasteiger partial charge in [-0.25, -0.2) is 4.39 Å². The van der Waals surface area contributed by atoms with Crippen molar-refractivity contribution in [3.8, 4) is 0 Å². The predicted octanol–water partition coefficient (Wildman–Crippen LogP) is 2.81. The van der Waals surface area contributed by atoms with Crippen LogP contribution in [0.2, 0.25) is 0 Å². The molecule has 1 unspecified atom stereocenters. The number of benzene rings is 1. The van der Waals surface area contributed by atoms with Crippen LogP contribution < -0.4 is 21.2 Å². The fraction of sp³-hybridized carbons (Fsp3) is 0.500. The van der Waals surface area contributed by atoms with Gasteiger partial charge in [-0.3, -0.25) is 14.0 Å². The molecule has 2 N–H and O–H groups in total. The Morgan fingerprint density at radius 2 is 2.11 bits per heavy atom. The number of hydrogen-bond donors (Lipinski definition) is 2. The maximum atomic E-state index is 15.0. The monoisotopic (exact) mass is 402 g/mol. The summed E-state index contributed by atoms with van der Waals surface area (Å²) in [6.45, 7) is 5.58. The second kappa shape index (κ2) is 6.70. The Kier molecular flexibility index (Phi) is 4.28. The van der Waals surface area contributed by atoms with Gasteiger partial charge in [0.1, 0.15) is 16.0 Å². The Labute approximate surface area is 165 Å². The van der Waals surface area contributed by atoms with E-state index in [0.717, 1.165) is 51.0 Å². The second-order valence-electron chi connectivity index (χ2n) is 7.87. The standard InChI is InChI=1S/C20H23FN4O2S/c1-2-22-9-11-5-6-24(10-11)16-8-15-13(7-14(16)21)18(26)17-19(27)23-28-20(17)25(15)12-3-4-12/h7-8,11-12,22H,2-6,9-10H2,1H3,(H,23,27). The lowest BCUT2D eigenvalue weighted by Gasteiger charge is -2.21. The molecule has 1 aromatic carbocycles. The summed E-state index contributed by atoms with van der Waals surface area (Å²) in [6.07, 6.45) is 3.05. The minimum Gasteiger partial charge on any atom is -0.369 e. The Morgan fingerprint density at radius 1 is 1.29 bits per heavy atom. The van der Waals surface area contributed by atoms with Crippen molar-refractivity contribution in [2.45, 2.75) is 32.2 Å². The topological polar surface area (TPSA) is 70.1 Å². The van der Waals surface area contributed by atoms with Crippen molar-refractivity contribution in [3.63, 3.8) is 0 Å². The maximum absolute atomic E-state index is 15.0. The van der Waals surface area contributed by atoms with Crippen LogP contribution in [0.5, 0.6) is 0 Å². The number of H-pyrrole nitrogens is 1. The zero-order valence-electron chi connectivity index (χ0n) is 15.8. The van der Waals surface area contributed by atoms with Gasteiger partial charge in [0.05, 0.1) is 11.2 Å². The van der Waals surface area contributed by atoms with Crippen molar-refractivity contribution in [3.05, 3.63) is 38.5 Å². The molecule has 8 heteroatoms. The van der Waals surface area contributed by atoms with Gasteiger partial charge in [0.2, 0.25) is 5.43 Å². The lowest BCUT2D eigenvalue weighted by molar-refractivity contribution is 0.527. The number of pyridine rings is 1. The van der Waals surface area contributed by atoms with E-state index in [1.165, 1.54) is 17.6 Å². The molecule has 3 aromatic rings. The first-order chi connectivity index (χ1) is 13.6. The average Bonchev–Trinajstić information content (AvgIpc) is 3.28. The van der Waals surface area contributed by atoms with Crippen LogP contribution in [0.4, 0.5) is 10.1 Å². The number of rotatable bonds is 5. The lowest BCUT2D eigenvalue weighted by atomic mass is 10.1. The largest absolute Gasteiger partial charge is 0.369 e. The van der Waals surface area contributed by atoms with E-state index in [0.29, 0.717) is 21.8 Å². The van der Waals surface area contributed by atoms with Crippen LogP contribution in [0, 0.1) is 11.7 Å². The highest BCUT2D eigenvalue weighted by molar-refractivity contribution is 7.12. The third kappa shape index (κ3) is 2.78. The van der Waals surface area contributed by atoms with Gasteiger partial charge in [-0.15, -0.1) is 0 Å². The van der Waals surface area contributed by atoms with Crippen molar-refractivity contribution < 1.29 is 4.39 Å². The molecule has 2 aromatic heterocycles. The van der Waals surface area contributed by atoms with Crippen molar-refractivity contribution in [1.82, 2.24) is 14.3 Å². The van der Waals surface area contributed by atoms with E-state index >= 15 is 4.39 Å². The lowest BCUT2D eigenvalue weighted by Crippen LogP contribution is -2.26. The molecule has 6 nitrogen and oxygen atoms in total. The van der Waals surface area contributed by atoms with E-state index < -0.39 is 0 Å². The van der Waals surface area contributed by atoms with Crippen molar-refractivity contribution in [1.29, 1.82) is 0 Å². The van der Waals surface area contributed by atoms with Crippen LogP contribution in [0.3, 0.4) is 0 Å². The molecule has 2 fully saturated rings. The number of fused-ring (bicyclic) bond motifs is 2. The van der Waals surface area contributed by atoms with Crippen LogP contribution in [0.1, 0.15) is 32.2 Å². The fourth-order valence-corrected chi connectivity index (χ4v) is 5.27. The quantitative estimate of drug-likeness (QED) is 0.689. The molecule has 1 saturated heterocycles. The van der Waals surface area contributed by atoms with E-state index in [1.54, 1.807) is 0 Å². The second-order valence-corrected chi connectivity index (χ2v) is 8.67. The third-order valence-corrected chi connectivity index (χ3v) is 6.80. The molecule has 5 rings (SSSR count). The SMILES string of the molecule is CCNCC1CCN(c2cc3c(cc2F)c(=O)c2c(=O)[nH]sc2n3C2CC2)C1. The maximum Gasteiger partial charge on any atom is 0.271 e. The third-order valence-electron chi connectivity index (χ3n) is 5.92. The highest BCUT2D eigenvalue weighted by Crippen LogP contribution is 2.41. The summed E-state index contributed by atoms with van der Waals surface area (Å²) >= 11 is 1.20. The summed E-state index contributed by atoms with van der Waals surface area (Å²) in [7, 11) is 0. The number of halogens is 1. The van der Waals surface area contributed by atoms with Crippen LogP contribution in [0.15, 0.2) is 21.7 Å². The molecule has 2 aliphatic rings. The molecule has 1 aliphatic carbocycles. The summed E-state index contributed by atoms with van der Waals surface area (Å²) in [4.78, 5) is 27.8. The van der Waals surface area contributed by atoms with Gasteiger partial charge in [-0.05, 0) is 61.9 Å². The Bertz CT molecular complexity index is 1180. The highest BCUT2D eigenvalue weighted by atomic mass is 32.1. The van der Waals surface area contributed by atoms with Gasteiger partial charge >= 0.3 is 0 Å². The molecule has 3 heterocycles. The van der Waals surface area contributed by atoms with Gasteiger partial charge in [0, 0.05) is 24.5 Å². The summed E-state index contributed by atoms with van der Waals surface area (Å²) < 4.78 is 19.8. The Balaban J connectivity index is 1.66. The van der Waals surface area contributed by atoms with E-state index in [4.69, 9.17) is 0 Å². The van der Waals surface area contributed by atoms with Crippen molar-refractivity contribution in [2.75, 3.05) is 31.1 Å². The number of anilines is 1.